The molecular weight excluding hydrogens is 212 g/mol. The van der Waals surface area contributed by atoms with Gasteiger partial charge in [-0.1, -0.05) is 29.8 Å². The van der Waals surface area contributed by atoms with Gasteiger partial charge in [-0.25, -0.2) is 4.98 Å². The molecule has 1 atom stereocenters. The molecule has 2 aromatic rings. The molecule has 17 heavy (non-hydrogen) atoms. The number of hydrogen-bond acceptors (Lipinski definition) is 3. The van der Waals surface area contributed by atoms with Gasteiger partial charge in [0.05, 0.1) is 0 Å². The summed E-state index contributed by atoms with van der Waals surface area (Å²) in [4.78, 5) is 4.24. The fourth-order valence-electron chi connectivity index (χ4n) is 1.84. The number of hydrogen-bond donors (Lipinski definition) is 1. The Balaban J connectivity index is 2.11. The number of nitrogens with zero attached hydrogens (tertiary/aromatic N) is 3. The van der Waals surface area contributed by atoms with E-state index in [0.717, 1.165) is 24.4 Å². The molecule has 0 saturated heterocycles. The van der Waals surface area contributed by atoms with Crippen LogP contribution in [0.1, 0.15) is 29.9 Å². The van der Waals surface area contributed by atoms with Gasteiger partial charge in [-0.3, -0.25) is 4.68 Å². The third-order valence-electron chi connectivity index (χ3n) is 2.90. The molecule has 0 aliphatic carbocycles. The summed E-state index contributed by atoms with van der Waals surface area (Å²) >= 11 is 0. The van der Waals surface area contributed by atoms with Crippen molar-refractivity contribution < 1.29 is 0 Å². The molecule has 0 saturated carbocycles. The Morgan fingerprint density at radius 3 is 2.65 bits per heavy atom. The highest BCUT2D eigenvalue weighted by atomic mass is 15.3. The fraction of sp³-hybridized carbons (Fsp3) is 0.385. The zero-order valence-corrected chi connectivity index (χ0v) is 10.3. The third-order valence-corrected chi connectivity index (χ3v) is 2.90. The van der Waals surface area contributed by atoms with Gasteiger partial charge in [0.25, 0.3) is 0 Å². The topological polar surface area (TPSA) is 56.7 Å². The van der Waals surface area contributed by atoms with Crippen molar-refractivity contribution in [3.05, 3.63) is 47.5 Å². The van der Waals surface area contributed by atoms with E-state index in [0.29, 0.717) is 0 Å². The molecule has 1 heterocycles. The van der Waals surface area contributed by atoms with E-state index in [1.54, 1.807) is 6.33 Å². The lowest BCUT2D eigenvalue weighted by Gasteiger charge is -2.12. The van der Waals surface area contributed by atoms with Gasteiger partial charge in [0.2, 0.25) is 0 Å². The lowest BCUT2D eigenvalue weighted by Crippen LogP contribution is -2.16. The van der Waals surface area contributed by atoms with E-state index in [2.05, 4.69) is 48.2 Å². The maximum atomic E-state index is 6.18. The molecule has 2 N–H and O–H groups in total. The van der Waals surface area contributed by atoms with Gasteiger partial charge in [-0.05, 0) is 19.4 Å². The van der Waals surface area contributed by atoms with E-state index >= 15 is 0 Å². The van der Waals surface area contributed by atoms with Crippen LogP contribution in [-0.4, -0.2) is 14.8 Å². The van der Waals surface area contributed by atoms with Crippen LogP contribution in [0.5, 0.6) is 0 Å². The van der Waals surface area contributed by atoms with Crippen LogP contribution < -0.4 is 5.73 Å². The molecule has 4 nitrogen and oxygen atoms in total. The molecule has 0 bridgehead atoms. The molecule has 0 aliphatic rings. The normalized spacial score (nSPS) is 12.6. The fourth-order valence-corrected chi connectivity index (χ4v) is 1.84. The lowest BCUT2D eigenvalue weighted by molar-refractivity contribution is 0.581. The average Bonchev–Trinajstić information content (AvgIpc) is 2.77. The summed E-state index contributed by atoms with van der Waals surface area (Å²) in [5, 5.41) is 4.15. The van der Waals surface area contributed by atoms with Crippen LogP contribution in [-0.2, 0) is 13.0 Å². The second kappa shape index (κ2) is 5.10. The van der Waals surface area contributed by atoms with Gasteiger partial charge in [0.1, 0.15) is 12.2 Å². The van der Waals surface area contributed by atoms with Gasteiger partial charge in [-0.2, -0.15) is 5.10 Å². The van der Waals surface area contributed by atoms with E-state index in [4.69, 9.17) is 5.73 Å². The number of aromatic nitrogens is 3. The molecule has 90 valence electrons. The zero-order valence-electron chi connectivity index (χ0n) is 10.3. The van der Waals surface area contributed by atoms with E-state index in [1.807, 2.05) is 4.68 Å². The van der Waals surface area contributed by atoms with Crippen LogP contribution in [0.4, 0.5) is 0 Å². The highest BCUT2D eigenvalue weighted by Gasteiger charge is 2.11. The first-order valence-electron chi connectivity index (χ1n) is 5.89. The van der Waals surface area contributed by atoms with Crippen molar-refractivity contribution in [1.82, 2.24) is 14.8 Å². The first-order chi connectivity index (χ1) is 8.20. The minimum absolute atomic E-state index is 0.0231. The molecule has 0 spiro atoms. The first kappa shape index (κ1) is 11.8. The monoisotopic (exact) mass is 230 g/mol. The minimum Gasteiger partial charge on any atom is -0.324 e. The molecule has 0 amide bonds. The van der Waals surface area contributed by atoms with Gasteiger partial charge >= 0.3 is 0 Å². The highest BCUT2D eigenvalue weighted by molar-refractivity contribution is 5.24. The Morgan fingerprint density at radius 1 is 1.29 bits per heavy atom. The van der Waals surface area contributed by atoms with E-state index < -0.39 is 0 Å². The second-order valence-corrected chi connectivity index (χ2v) is 4.21. The summed E-state index contributed by atoms with van der Waals surface area (Å²) in [5.41, 5.74) is 8.57. The molecular formula is C13H18N4. The van der Waals surface area contributed by atoms with Crippen LogP contribution >= 0.6 is 0 Å². The van der Waals surface area contributed by atoms with E-state index in [-0.39, 0.29) is 6.04 Å². The number of aryl methyl sites for hydroxylation is 2. The van der Waals surface area contributed by atoms with Crippen molar-refractivity contribution in [1.29, 1.82) is 0 Å². The molecule has 4 heteroatoms. The first-order valence-corrected chi connectivity index (χ1v) is 5.89. The minimum atomic E-state index is -0.0231. The van der Waals surface area contributed by atoms with Crippen molar-refractivity contribution in [3.8, 4) is 0 Å². The molecule has 1 unspecified atom stereocenters. The standard InChI is InChI=1S/C13H18N4/c1-3-17-13(15-9-16-17)8-12(14)11-6-4-10(2)5-7-11/h4-7,9,12H,3,8,14H2,1-2H3. The van der Waals surface area contributed by atoms with Crippen molar-refractivity contribution in [2.75, 3.05) is 0 Å². The largest absolute Gasteiger partial charge is 0.324 e. The summed E-state index contributed by atoms with van der Waals surface area (Å²) in [5.74, 6) is 0.945. The smallest absolute Gasteiger partial charge is 0.138 e. The molecule has 1 aromatic carbocycles. The predicted molar refractivity (Wildman–Crippen MR) is 67.5 cm³/mol. The Bertz CT molecular complexity index is 472. The highest BCUT2D eigenvalue weighted by Crippen LogP contribution is 2.15. The number of benzene rings is 1. The van der Waals surface area contributed by atoms with Crippen LogP contribution in [0, 0.1) is 6.92 Å². The Labute approximate surface area is 101 Å². The summed E-state index contributed by atoms with van der Waals surface area (Å²) < 4.78 is 1.88. The number of rotatable bonds is 4. The van der Waals surface area contributed by atoms with Gasteiger partial charge < -0.3 is 5.73 Å². The number of nitrogens with two attached hydrogens (primary N) is 1. The quantitative estimate of drug-likeness (QED) is 0.872. The van der Waals surface area contributed by atoms with Crippen LogP contribution in [0.15, 0.2) is 30.6 Å². The average molecular weight is 230 g/mol. The van der Waals surface area contributed by atoms with E-state index in [1.165, 1.54) is 5.56 Å². The lowest BCUT2D eigenvalue weighted by atomic mass is 10.0. The van der Waals surface area contributed by atoms with Crippen molar-refractivity contribution in [3.63, 3.8) is 0 Å². The summed E-state index contributed by atoms with van der Waals surface area (Å²) in [6.45, 7) is 4.95. The van der Waals surface area contributed by atoms with Crippen LogP contribution in [0.2, 0.25) is 0 Å². The maximum absolute atomic E-state index is 6.18. The molecule has 1 aromatic heterocycles. The SMILES string of the molecule is CCn1ncnc1CC(N)c1ccc(C)cc1. The van der Waals surface area contributed by atoms with E-state index in [9.17, 15) is 0 Å². The Hall–Kier alpha value is -1.68. The van der Waals surface area contributed by atoms with Gasteiger partial charge in [0.15, 0.2) is 0 Å². The molecule has 0 fully saturated rings. The predicted octanol–water partition coefficient (Wildman–Crippen LogP) is 1.85. The Kier molecular flexibility index (Phi) is 3.54. The van der Waals surface area contributed by atoms with Gasteiger partial charge in [0, 0.05) is 19.0 Å². The van der Waals surface area contributed by atoms with Crippen molar-refractivity contribution in [2.24, 2.45) is 5.73 Å². The summed E-state index contributed by atoms with van der Waals surface area (Å²) in [6, 6.07) is 8.30. The van der Waals surface area contributed by atoms with Crippen LogP contribution in [0.25, 0.3) is 0 Å². The van der Waals surface area contributed by atoms with Crippen molar-refractivity contribution >= 4 is 0 Å². The molecule has 0 aliphatic heterocycles. The van der Waals surface area contributed by atoms with Crippen molar-refractivity contribution in [2.45, 2.75) is 32.9 Å². The maximum Gasteiger partial charge on any atom is 0.138 e. The third kappa shape index (κ3) is 2.71. The summed E-state index contributed by atoms with van der Waals surface area (Å²) in [6.07, 6.45) is 2.30. The molecule has 0 radical (unpaired) electrons. The Morgan fingerprint density at radius 2 is 2.00 bits per heavy atom. The van der Waals surface area contributed by atoms with Crippen LogP contribution in [0.3, 0.4) is 0 Å². The second-order valence-electron chi connectivity index (χ2n) is 4.21. The van der Waals surface area contributed by atoms with Gasteiger partial charge in [-0.15, -0.1) is 0 Å². The molecule has 2 rings (SSSR count). The summed E-state index contributed by atoms with van der Waals surface area (Å²) in [7, 11) is 0. The zero-order chi connectivity index (χ0) is 12.3.